The van der Waals surface area contributed by atoms with Gasteiger partial charge in [-0.1, -0.05) is 12.1 Å². The monoisotopic (exact) mass is 322 g/mol. The maximum atomic E-state index is 13.7. The van der Waals surface area contributed by atoms with E-state index in [1.807, 2.05) is 0 Å². The molecule has 6 heteroatoms. The molecule has 0 aliphatic carbocycles. The number of sulfone groups is 1. The number of allylic oxidation sites excluding steroid dienone is 1. The highest BCUT2D eigenvalue weighted by molar-refractivity contribution is 7.90. The van der Waals surface area contributed by atoms with Gasteiger partial charge in [-0.3, -0.25) is 4.79 Å². The lowest BCUT2D eigenvalue weighted by Gasteiger charge is -2.04. The Kier molecular flexibility index (Phi) is 4.51. The van der Waals surface area contributed by atoms with Gasteiger partial charge in [0.1, 0.15) is 11.6 Å². The smallest absolute Gasteiger partial charge is 0.175 e. The van der Waals surface area contributed by atoms with Crippen LogP contribution in [0.2, 0.25) is 0 Å². The minimum atomic E-state index is -3.31. The number of hydrogen-bond acceptors (Lipinski definition) is 3. The number of halogens is 2. The largest absolute Gasteiger partial charge is 0.298 e. The van der Waals surface area contributed by atoms with Crippen LogP contribution in [0.1, 0.15) is 11.1 Å². The first-order valence-corrected chi connectivity index (χ1v) is 8.13. The van der Waals surface area contributed by atoms with Crippen LogP contribution in [0.3, 0.4) is 0 Å². The third-order valence-electron chi connectivity index (χ3n) is 3.00. The van der Waals surface area contributed by atoms with Gasteiger partial charge in [0.15, 0.2) is 16.1 Å². The highest BCUT2D eigenvalue weighted by Gasteiger charge is 2.10. The van der Waals surface area contributed by atoms with Gasteiger partial charge in [-0.15, -0.1) is 0 Å². The molecule has 0 amide bonds. The molecule has 0 bridgehead atoms. The van der Waals surface area contributed by atoms with Crippen LogP contribution in [-0.2, 0) is 14.6 Å². The molecule has 0 heterocycles. The molecule has 114 valence electrons. The van der Waals surface area contributed by atoms with Gasteiger partial charge in [0.25, 0.3) is 0 Å². The van der Waals surface area contributed by atoms with Crippen LogP contribution in [0.15, 0.2) is 47.4 Å². The molecule has 22 heavy (non-hydrogen) atoms. The van der Waals surface area contributed by atoms with E-state index in [0.717, 1.165) is 12.3 Å². The molecular weight excluding hydrogens is 310 g/mol. The topological polar surface area (TPSA) is 51.2 Å². The number of carbonyl (C=O) groups excluding carboxylic acids is 1. The lowest BCUT2D eigenvalue weighted by Crippen LogP contribution is -1.96. The van der Waals surface area contributed by atoms with E-state index >= 15 is 0 Å². The van der Waals surface area contributed by atoms with Gasteiger partial charge in [-0.05, 0) is 35.9 Å². The Morgan fingerprint density at radius 3 is 2.18 bits per heavy atom. The summed E-state index contributed by atoms with van der Waals surface area (Å²) in [5, 5.41) is 0. The highest BCUT2D eigenvalue weighted by Crippen LogP contribution is 2.21. The zero-order valence-corrected chi connectivity index (χ0v) is 12.4. The van der Waals surface area contributed by atoms with Gasteiger partial charge in [-0.25, -0.2) is 17.2 Å². The van der Waals surface area contributed by atoms with Crippen molar-refractivity contribution in [3.63, 3.8) is 0 Å². The zero-order valence-electron chi connectivity index (χ0n) is 11.6. The molecule has 0 saturated carbocycles. The first-order valence-electron chi connectivity index (χ1n) is 6.23. The Bertz CT molecular complexity index is 838. The van der Waals surface area contributed by atoms with Crippen LogP contribution in [-0.4, -0.2) is 21.0 Å². The Labute approximate surface area is 126 Å². The number of hydrogen-bond donors (Lipinski definition) is 0. The Morgan fingerprint density at radius 2 is 1.68 bits per heavy atom. The minimum absolute atomic E-state index is 0.0245. The molecule has 0 unspecified atom stereocenters. The molecule has 0 aliphatic rings. The van der Waals surface area contributed by atoms with E-state index in [-0.39, 0.29) is 16.0 Å². The Morgan fingerprint density at radius 1 is 1.05 bits per heavy atom. The number of carbonyl (C=O) groups is 1. The predicted molar refractivity (Wildman–Crippen MR) is 79.8 cm³/mol. The van der Waals surface area contributed by atoms with E-state index in [4.69, 9.17) is 0 Å². The molecule has 0 saturated heterocycles. The number of benzene rings is 2. The average molecular weight is 322 g/mol. The fourth-order valence-corrected chi connectivity index (χ4v) is 2.52. The summed E-state index contributed by atoms with van der Waals surface area (Å²) in [6.45, 7) is 0. The van der Waals surface area contributed by atoms with Crippen molar-refractivity contribution < 1.29 is 22.0 Å². The molecule has 2 aromatic rings. The lowest BCUT2D eigenvalue weighted by molar-refractivity contribution is -0.103. The molecular formula is C16H12F2O3S. The number of aldehydes is 1. The summed E-state index contributed by atoms with van der Waals surface area (Å²) >= 11 is 0. The van der Waals surface area contributed by atoms with E-state index in [0.29, 0.717) is 17.9 Å². The third kappa shape index (κ3) is 3.65. The van der Waals surface area contributed by atoms with Crippen LogP contribution >= 0.6 is 0 Å². The van der Waals surface area contributed by atoms with Gasteiger partial charge in [0.05, 0.1) is 4.90 Å². The molecule has 0 atom stereocenters. The fourth-order valence-electron chi connectivity index (χ4n) is 1.89. The van der Waals surface area contributed by atoms with Gasteiger partial charge in [0.2, 0.25) is 0 Å². The predicted octanol–water partition coefficient (Wildman–Crippen LogP) is 3.11. The van der Waals surface area contributed by atoms with Crippen molar-refractivity contribution in [2.75, 3.05) is 6.26 Å². The summed E-state index contributed by atoms with van der Waals surface area (Å²) in [4.78, 5) is 11.3. The zero-order chi connectivity index (χ0) is 16.3. The van der Waals surface area contributed by atoms with E-state index in [1.165, 1.54) is 36.4 Å². The summed E-state index contributed by atoms with van der Waals surface area (Å²) in [7, 11) is -3.31. The van der Waals surface area contributed by atoms with Gasteiger partial charge >= 0.3 is 0 Å². The lowest BCUT2D eigenvalue weighted by atomic mass is 10.0. The van der Waals surface area contributed by atoms with Crippen LogP contribution in [0.4, 0.5) is 8.78 Å². The summed E-state index contributed by atoms with van der Waals surface area (Å²) in [6, 6.07) is 8.72. The molecule has 3 nitrogen and oxygen atoms in total. The van der Waals surface area contributed by atoms with E-state index in [1.54, 1.807) is 0 Å². The standard InChI is InChI=1S/C16H12F2O3S/c1-22(20,21)14-5-2-11(3-6-14)8-12(10-19)15-7-4-13(17)9-16(15)18/h2-10H,1H3/b12-8-. The molecule has 0 spiro atoms. The second-order valence-electron chi connectivity index (χ2n) is 4.68. The molecule has 0 fully saturated rings. The van der Waals surface area contributed by atoms with E-state index in [9.17, 15) is 22.0 Å². The van der Waals surface area contributed by atoms with Crippen LogP contribution in [0, 0.1) is 11.6 Å². The molecule has 0 aliphatic heterocycles. The Hall–Kier alpha value is -2.34. The maximum Gasteiger partial charge on any atom is 0.175 e. The van der Waals surface area contributed by atoms with Crippen molar-refractivity contribution in [1.82, 2.24) is 0 Å². The van der Waals surface area contributed by atoms with Crippen molar-refractivity contribution in [2.45, 2.75) is 4.90 Å². The van der Waals surface area contributed by atoms with Crippen molar-refractivity contribution in [3.05, 3.63) is 65.2 Å². The first-order chi connectivity index (χ1) is 10.3. The van der Waals surface area contributed by atoms with Crippen molar-refractivity contribution in [1.29, 1.82) is 0 Å². The maximum absolute atomic E-state index is 13.7. The van der Waals surface area contributed by atoms with Crippen molar-refractivity contribution in [2.24, 2.45) is 0 Å². The van der Waals surface area contributed by atoms with E-state index < -0.39 is 21.5 Å². The van der Waals surface area contributed by atoms with E-state index in [2.05, 4.69) is 0 Å². The SMILES string of the molecule is CS(=O)(=O)c1ccc(/C=C(/C=O)c2ccc(F)cc2F)cc1. The summed E-state index contributed by atoms with van der Waals surface area (Å²) in [6.07, 6.45) is 2.94. The van der Waals surface area contributed by atoms with Crippen LogP contribution in [0.25, 0.3) is 11.6 Å². The molecule has 2 aromatic carbocycles. The van der Waals surface area contributed by atoms with Gasteiger partial charge < -0.3 is 0 Å². The quantitative estimate of drug-likeness (QED) is 0.494. The van der Waals surface area contributed by atoms with Crippen LogP contribution in [0.5, 0.6) is 0 Å². The molecule has 0 aromatic heterocycles. The second-order valence-corrected chi connectivity index (χ2v) is 6.70. The fraction of sp³-hybridized carbons (Fsp3) is 0.0625. The molecule has 0 N–H and O–H groups in total. The molecule has 0 radical (unpaired) electrons. The Balaban J connectivity index is 2.43. The average Bonchev–Trinajstić information content (AvgIpc) is 2.45. The first kappa shape index (κ1) is 16.0. The summed E-state index contributed by atoms with van der Waals surface area (Å²) in [5.74, 6) is -1.57. The van der Waals surface area contributed by atoms with Gasteiger partial charge in [0, 0.05) is 23.5 Å². The van der Waals surface area contributed by atoms with Crippen molar-refractivity contribution >= 4 is 27.8 Å². The third-order valence-corrected chi connectivity index (χ3v) is 4.13. The normalized spacial score (nSPS) is 12.2. The van der Waals surface area contributed by atoms with Gasteiger partial charge in [-0.2, -0.15) is 0 Å². The van der Waals surface area contributed by atoms with Crippen LogP contribution < -0.4 is 0 Å². The summed E-state index contributed by atoms with van der Waals surface area (Å²) < 4.78 is 49.3. The highest BCUT2D eigenvalue weighted by atomic mass is 32.2. The molecule has 2 rings (SSSR count). The van der Waals surface area contributed by atoms with Crippen molar-refractivity contribution in [3.8, 4) is 0 Å². The summed E-state index contributed by atoms with van der Waals surface area (Å²) in [5.41, 5.74) is 0.534. The minimum Gasteiger partial charge on any atom is -0.298 e. The second kappa shape index (κ2) is 6.19. The number of rotatable bonds is 4.